The van der Waals surface area contributed by atoms with Gasteiger partial charge in [0.05, 0.1) is 12.0 Å². The van der Waals surface area contributed by atoms with Gasteiger partial charge < -0.3 is 4.74 Å². The summed E-state index contributed by atoms with van der Waals surface area (Å²) in [6.07, 6.45) is 1.11. The summed E-state index contributed by atoms with van der Waals surface area (Å²) in [5.74, 6) is 0.907. The second kappa shape index (κ2) is 6.14. The Morgan fingerprint density at radius 2 is 2.00 bits per heavy atom. The number of rotatable bonds is 5. The van der Waals surface area contributed by atoms with Crippen molar-refractivity contribution in [1.29, 1.82) is 0 Å². The summed E-state index contributed by atoms with van der Waals surface area (Å²) in [6, 6.07) is 7.08. The highest BCUT2D eigenvalue weighted by molar-refractivity contribution is 6.02. The highest BCUT2D eigenvalue weighted by Gasteiger charge is 2.34. The molecule has 3 rings (SSSR count). The second-order valence-corrected chi connectivity index (χ2v) is 6.85. The molecule has 1 fully saturated rings. The highest BCUT2D eigenvalue weighted by Crippen LogP contribution is 2.37. The third-order valence-electron chi connectivity index (χ3n) is 4.30. The third kappa shape index (κ3) is 3.28. The van der Waals surface area contributed by atoms with Crippen LogP contribution in [0.15, 0.2) is 29.1 Å². The van der Waals surface area contributed by atoms with Gasteiger partial charge in [0.2, 0.25) is 0 Å². The molecular weight excluding hydrogens is 292 g/mol. The first kappa shape index (κ1) is 15.7. The fraction of sp³-hybridized carbons (Fsp3) is 0.500. The molecule has 122 valence electrons. The van der Waals surface area contributed by atoms with E-state index in [2.05, 4.69) is 12.0 Å². The van der Waals surface area contributed by atoms with Crippen molar-refractivity contribution >= 4 is 16.7 Å². The predicted octanol–water partition coefficient (Wildman–Crippen LogP) is 2.87. The molecule has 5 nitrogen and oxygen atoms in total. The molecule has 1 saturated carbocycles. The predicted molar refractivity (Wildman–Crippen MR) is 88.4 cm³/mol. The Morgan fingerprint density at radius 3 is 2.61 bits per heavy atom. The molecule has 2 atom stereocenters. The minimum Gasteiger partial charge on any atom is -0.461 e. The number of fused-ring (bicyclic) bond motifs is 1. The first-order chi connectivity index (χ1) is 11.0. The zero-order chi connectivity index (χ0) is 16.6. The van der Waals surface area contributed by atoms with Crippen molar-refractivity contribution in [2.24, 2.45) is 17.8 Å². The van der Waals surface area contributed by atoms with E-state index >= 15 is 0 Å². The Labute approximate surface area is 135 Å². The molecular formula is C18H22N2O3. The van der Waals surface area contributed by atoms with E-state index < -0.39 is 5.97 Å². The molecule has 1 aromatic carbocycles. The number of ether oxygens (including phenoxy) is 1. The number of hydrogen-bond donors (Lipinski definition) is 0. The Kier molecular flexibility index (Phi) is 4.20. The first-order valence-corrected chi connectivity index (χ1v) is 8.14. The van der Waals surface area contributed by atoms with Crippen LogP contribution >= 0.6 is 0 Å². The van der Waals surface area contributed by atoms with Crippen LogP contribution in [-0.4, -0.2) is 22.4 Å². The molecule has 0 saturated heterocycles. The van der Waals surface area contributed by atoms with Crippen LogP contribution in [0.4, 0.5) is 0 Å². The Bertz CT molecular complexity index is 794. The number of hydrogen-bond acceptors (Lipinski definition) is 4. The van der Waals surface area contributed by atoms with Crippen molar-refractivity contribution in [3.63, 3.8) is 0 Å². The lowest BCUT2D eigenvalue weighted by Crippen LogP contribution is -2.28. The number of carbonyl (C=O) groups excluding carboxylic acids is 1. The molecule has 1 aliphatic rings. The van der Waals surface area contributed by atoms with E-state index in [1.54, 1.807) is 24.3 Å². The molecule has 1 aliphatic carbocycles. The van der Waals surface area contributed by atoms with Gasteiger partial charge in [0.1, 0.15) is 0 Å². The zero-order valence-electron chi connectivity index (χ0n) is 13.8. The van der Waals surface area contributed by atoms with Gasteiger partial charge in [0.15, 0.2) is 5.69 Å². The molecule has 1 aromatic heterocycles. The van der Waals surface area contributed by atoms with E-state index in [9.17, 15) is 9.59 Å². The summed E-state index contributed by atoms with van der Waals surface area (Å²) in [5.41, 5.74) is 0.0656. The Hall–Kier alpha value is -2.17. The lowest BCUT2D eigenvalue weighted by Gasteiger charge is -2.12. The number of esters is 1. The van der Waals surface area contributed by atoms with E-state index in [0.29, 0.717) is 35.8 Å². The van der Waals surface area contributed by atoms with Gasteiger partial charge in [-0.15, -0.1) is 0 Å². The molecule has 0 unspecified atom stereocenters. The van der Waals surface area contributed by atoms with Gasteiger partial charge in [-0.2, -0.15) is 5.10 Å². The van der Waals surface area contributed by atoms with Crippen LogP contribution in [0.25, 0.3) is 10.8 Å². The Morgan fingerprint density at radius 1 is 1.35 bits per heavy atom. The molecule has 0 spiro atoms. The van der Waals surface area contributed by atoms with Crippen LogP contribution < -0.4 is 5.56 Å². The van der Waals surface area contributed by atoms with Crippen molar-refractivity contribution in [3.8, 4) is 0 Å². The maximum absolute atomic E-state index is 12.5. The monoisotopic (exact) mass is 314 g/mol. The minimum absolute atomic E-state index is 0.165. The SMILES string of the molecule is CC(C)Cn1nc(C(=O)OC[C@H]2C[C@@H]2C)c2ccccc2c1=O. The van der Waals surface area contributed by atoms with Crippen LogP contribution in [0.3, 0.4) is 0 Å². The number of carbonyl (C=O) groups is 1. The summed E-state index contributed by atoms with van der Waals surface area (Å²) in [4.78, 5) is 25.0. The number of aromatic nitrogens is 2. The quantitative estimate of drug-likeness (QED) is 0.796. The van der Waals surface area contributed by atoms with Crippen molar-refractivity contribution < 1.29 is 9.53 Å². The normalized spacial score (nSPS) is 20.0. The second-order valence-electron chi connectivity index (χ2n) is 6.85. The van der Waals surface area contributed by atoms with Crippen molar-refractivity contribution in [2.75, 3.05) is 6.61 Å². The molecule has 0 N–H and O–H groups in total. The van der Waals surface area contributed by atoms with E-state index in [1.165, 1.54) is 4.68 Å². The van der Waals surface area contributed by atoms with Crippen molar-refractivity contribution in [3.05, 3.63) is 40.3 Å². The molecule has 0 amide bonds. The van der Waals surface area contributed by atoms with E-state index in [-0.39, 0.29) is 17.2 Å². The van der Waals surface area contributed by atoms with Crippen LogP contribution in [0.5, 0.6) is 0 Å². The summed E-state index contributed by atoms with van der Waals surface area (Å²) in [6.45, 7) is 7.07. The lowest BCUT2D eigenvalue weighted by molar-refractivity contribution is 0.0473. The maximum Gasteiger partial charge on any atom is 0.359 e. The largest absolute Gasteiger partial charge is 0.461 e. The zero-order valence-corrected chi connectivity index (χ0v) is 13.8. The molecule has 2 aromatic rings. The number of nitrogens with zero attached hydrogens (tertiary/aromatic N) is 2. The number of benzene rings is 1. The van der Waals surface area contributed by atoms with Gasteiger partial charge in [-0.1, -0.05) is 39.0 Å². The van der Waals surface area contributed by atoms with Crippen LogP contribution in [-0.2, 0) is 11.3 Å². The van der Waals surface area contributed by atoms with Crippen LogP contribution in [0.2, 0.25) is 0 Å². The molecule has 1 heterocycles. The highest BCUT2D eigenvalue weighted by atomic mass is 16.5. The standard InChI is InChI=1S/C18H22N2O3/c1-11(2)9-20-17(21)15-7-5-4-6-14(15)16(19-20)18(22)23-10-13-8-12(13)3/h4-7,11-13H,8-10H2,1-3H3/t12-,13+/m0/s1. The van der Waals surface area contributed by atoms with Gasteiger partial charge >= 0.3 is 5.97 Å². The summed E-state index contributed by atoms with van der Waals surface area (Å²) < 4.78 is 6.79. The molecule has 5 heteroatoms. The van der Waals surface area contributed by atoms with Crippen molar-refractivity contribution in [1.82, 2.24) is 9.78 Å². The van der Waals surface area contributed by atoms with E-state index in [4.69, 9.17) is 4.74 Å². The van der Waals surface area contributed by atoms with Crippen LogP contribution in [0, 0.1) is 17.8 Å². The molecule has 0 radical (unpaired) electrons. The molecule has 23 heavy (non-hydrogen) atoms. The summed E-state index contributed by atoms with van der Waals surface area (Å²) >= 11 is 0. The van der Waals surface area contributed by atoms with Crippen LogP contribution in [0.1, 0.15) is 37.7 Å². The summed E-state index contributed by atoms with van der Waals surface area (Å²) in [5, 5.41) is 5.36. The van der Waals surface area contributed by atoms with Gasteiger partial charge in [0.25, 0.3) is 5.56 Å². The fourth-order valence-corrected chi connectivity index (χ4v) is 2.74. The molecule has 0 bridgehead atoms. The van der Waals surface area contributed by atoms with E-state index in [0.717, 1.165) is 6.42 Å². The van der Waals surface area contributed by atoms with Gasteiger partial charge in [-0.25, -0.2) is 9.48 Å². The van der Waals surface area contributed by atoms with E-state index in [1.807, 2.05) is 13.8 Å². The maximum atomic E-state index is 12.5. The third-order valence-corrected chi connectivity index (χ3v) is 4.30. The lowest BCUT2D eigenvalue weighted by atomic mass is 10.1. The average Bonchev–Trinajstić information content (AvgIpc) is 3.23. The fourth-order valence-electron chi connectivity index (χ4n) is 2.74. The smallest absolute Gasteiger partial charge is 0.359 e. The first-order valence-electron chi connectivity index (χ1n) is 8.14. The minimum atomic E-state index is -0.446. The van der Waals surface area contributed by atoms with Crippen molar-refractivity contribution in [2.45, 2.75) is 33.7 Å². The summed E-state index contributed by atoms with van der Waals surface area (Å²) in [7, 11) is 0. The average molecular weight is 314 g/mol. The topological polar surface area (TPSA) is 61.2 Å². The molecule has 0 aliphatic heterocycles. The van der Waals surface area contributed by atoms with Gasteiger partial charge in [0, 0.05) is 11.9 Å². The van der Waals surface area contributed by atoms with Gasteiger partial charge in [-0.05, 0) is 30.2 Å². The Balaban J connectivity index is 1.98. The van der Waals surface area contributed by atoms with Gasteiger partial charge in [-0.3, -0.25) is 4.79 Å².